The summed E-state index contributed by atoms with van der Waals surface area (Å²) in [5.74, 6) is -8.70. The van der Waals surface area contributed by atoms with Crippen molar-refractivity contribution in [1.82, 2.24) is 10.6 Å². The number of carbonyl (C=O) groups is 3. The first kappa shape index (κ1) is 27.0. The Hall–Kier alpha value is -3.58. The van der Waals surface area contributed by atoms with E-state index in [9.17, 15) is 41.4 Å². The Balaban J connectivity index is 1.90. The van der Waals surface area contributed by atoms with Gasteiger partial charge in [-0.1, -0.05) is 42.5 Å². The van der Waals surface area contributed by atoms with Crippen molar-refractivity contribution in [3.05, 3.63) is 54.1 Å². The third-order valence-corrected chi connectivity index (χ3v) is 5.49. The number of nitrogens with zero attached hydrogens (tertiary/aromatic N) is 1. The predicted molar refractivity (Wildman–Crippen MR) is 117 cm³/mol. The van der Waals surface area contributed by atoms with E-state index in [4.69, 9.17) is 4.74 Å². The second-order valence-corrected chi connectivity index (χ2v) is 7.80. The number of anilines is 1. The van der Waals surface area contributed by atoms with Gasteiger partial charge in [-0.3, -0.25) is 14.4 Å². The third kappa shape index (κ3) is 5.31. The minimum Gasteiger partial charge on any atom is -0.395 e. The molecule has 0 radical (unpaired) electrons. The zero-order chi connectivity index (χ0) is 26.7. The van der Waals surface area contributed by atoms with Crippen molar-refractivity contribution in [3.63, 3.8) is 0 Å². The van der Waals surface area contributed by atoms with Crippen LogP contribution in [0.25, 0.3) is 11.1 Å². The van der Waals surface area contributed by atoms with E-state index in [1.165, 1.54) is 10.2 Å². The first-order valence-electron chi connectivity index (χ1n) is 10.6. The fourth-order valence-electron chi connectivity index (χ4n) is 3.75. The Morgan fingerprint density at radius 3 is 2.25 bits per heavy atom. The van der Waals surface area contributed by atoms with Crippen LogP contribution in [0.1, 0.15) is 11.6 Å². The molecule has 0 saturated carbocycles. The van der Waals surface area contributed by atoms with E-state index in [-0.39, 0.29) is 6.54 Å². The van der Waals surface area contributed by atoms with Gasteiger partial charge in [-0.05, 0) is 17.2 Å². The quantitative estimate of drug-likeness (QED) is 0.369. The number of rotatable bonds is 8. The van der Waals surface area contributed by atoms with Gasteiger partial charge in [-0.15, -0.1) is 0 Å². The van der Waals surface area contributed by atoms with Crippen LogP contribution in [0, 0.1) is 0 Å². The molecule has 0 fully saturated rings. The van der Waals surface area contributed by atoms with Gasteiger partial charge < -0.3 is 25.4 Å². The molecule has 36 heavy (non-hydrogen) atoms. The second-order valence-electron chi connectivity index (χ2n) is 7.80. The molecule has 1 heterocycles. The molecule has 0 saturated heterocycles. The predicted octanol–water partition coefficient (Wildman–Crippen LogP) is 2.18. The number of hydrogen-bond donors (Lipinski definition) is 3. The molecule has 0 aliphatic carbocycles. The van der Waals surface area contributed by atoms with Gasteiger partial charge in [-0.2, -0.15) is 22.0 Å². The number of β-amino-alcohol motifs (C(OH)–C–C–N with tert-alkyl or cyclic N) is 1. The minimum atomic E-state index is -5.91. The molecule has 3 amide bonds. The summed E-state index contributed by atoms with van der Waals surface area (Å²) in [7, 11) is 0.877. The molecular weight excluding hydrogens is 493 g/mol. The van der Waals surface area contributed by atoms with Crippen LogP contribution in [-0.2, 0) is 19.1 Å². The SMILES string of the molecule is COC(C(=O)NCC(F)(F)C(F)(F)F)C(=O)N[C@@H]1C(=O)N(CCO)c2ccccc2-c2ccccc21. The van der Waals surface area contributed by atoms with Crippen LogP contribution in [0.3, 0.4) is 0 Å². The van der Waals surface area contributed by atoms with E-state index >= 15 is 0 Å². The molecule has 2 atom stereocenters. The highest BCUT2D eigenvalue weighted by Crippen LogP contribution is 2.40. The van der Waals surface area contributed by atoms with Crippen LogP contribution in [-0.4, -0.2) is 67.8 Å². The molecule has 13 heteroatoms. The van der Waals surface area contributed by atoms with Crippen molar-refractivity contribution < 1.29 is 46.2 Å². The smallest absolute Gasteiger partial charge is 0.395 e. The van der Waals surface area contributed by atoms with Crippen LogP contribution >= 0.6 is 0 Å². The molecule has 1 unspecified atom stereocenters. The number of carbonyl (C=O) groups excluding carboxylic acids is 3. The van der Waals surface area contributed by atoms with E-state index in [1.54, 1.807) is 48.5 Å². The fraction of sp³-hybridized carbons (Fsp3) is 0.348. The number of halogens is 5. The van der Waals surface area contributed by atoms with Crippen molar-refractivity contribution in [1.29, 1.82) is 0 Å². The highest BCUT2D eigenvalue weighted by Gasteiger charge is 2.57. The lowest BCUT2D eigenvalue weighted by molar-refractivity contribution is -0.278. The normalized spacial score (nSPS) is 16.5. The molecule has 2 aromatic rings. The van der Waals surface area contributed by atoms with E-state index in [0.29, 0.717) is 22.4 Å². The van der Waals surface area contributed by atoms with Crippen molar-refractivity contribution in [3.8, 4) is 11.1 Å². The lowest BCUT2D eigenvalue weighted by Crippen LogP contribution is -2.53. The summed E-state index contributed by atoms with van der Waals surface area (Å²) in [4.78, 5) is 39.9. The number of ether oxygens (including phenoxy) is 1. The Morgan fingerprint density at radius 2 is 1.64 bits per heavy atom. The van der Waals surface area contributed by atoms with Crippen LogP contribution < -0.4 is 15.5 Å². The molecule has 2 aromatic carbocycles. The van der Waals surface area contributed by atoms with E-state index in [0.717, 1.165) is 7.11 Å². The third-order valence-electron chi connectivity index (χ3n) is 5.49. The van der Waals surface area contributed by atoms with Gasteiger partial charge in [0.15, 0.2) is 0 Å². The van der Waals surface area contributed by atoms with Gasteiger partial charge in [0.2, 0.25) is 6.10 Å². The zero-order valence-corrected chi connectivity index (χ0v) is 18.8. The van der Waals surface area contributed by atoms with Crippen LogP contribution in [0.4, 0.5) is 27.6 Å². The number of fused-ring (bicyclic) bond motifs is 3. The number of nitrogens with one attached hydrogen (secondary N) is 2. The topological polar surface area (TPSA) is 108 Å². The van der Waals surface area contributed by atoms with Crippen LogP contribution in [0.15, 0.2) is 48.5 Å². The Labute approximate surface area is 202 Å². The van der Waals surface area contributed by atoms with Gasteiger partial charge in [0.25, 0.3) is 17.7 Å². The molecular formula is C23H22F5N3O5. The van der Waals surface area contributed by atoms with Crippen molar-refractivity contribution >= 4 is 23.4 Å². The average molecular weight is 515 g/mol. The maximum Gasteiger partial charge on any atom is 0.455 e. The molecule has 194 valence electrons. The first-order valence-corrected chi connectivity index (χ1v) is 10.6. The lowest BCUT2D eigenvalue weighted by Gasteiger charge is -2.27. The van der Waals surface area contributed by atoms with Gasteiger partial charge >= 0.3 is 12.1 Å². The number of aliphatic hydroxyl groups is 1. The van der Waals surface area contributed by atoms with E-state index in [1.807, 2.05) is 0 Å². The van der Waals surface area contributed by atoms with E-state index < -0.39 is 55.1 Å². The van der Waals surface area contributed by atoms with Crippen LogP contribution in [0.2, 0.25) is 0 Å². The standard InChI is InChI=1S/C23H22F5N3O5/c1-36-18(19(33)29-12-22(24,25)23(26,27)28)20(34)30-17-15-8-3-2-6-13(15)14-7-4-5-9-16(14)31(10-11-32)21(17)35/h2-9,17-18,32H,10-12H2,1H3,(H,29,33)(H,30,34)/t17-,18?/m0/s1. The monoisotopic (exact) mass is 515 g/mol. The summed E-state index contributed by atoms with van der Waals surface area (Å²) in [5, 5.41) is 13.2. The minimum absolute atomic E-state index is 0.128. The average Bonchev–Trinajstić information content (AvgIpc) is 2.92. The van der Waals surface area contributed by atoms with Crippen molar-refractivity contribution in [2.75, 3.05) is 31.7 Å². The maximum atomic E-state index is 13.5. The molecule has 8 nitrogen and oxygen atoms in total. The molecule has 3 N–H and O–H groups in total. The molecule has 3 rings (SSSR count). The Kier molecular flexibility index (Phi) is 7.94. The number of amides is 3. The van der Waals surface area contributed by atoms with Crippen molar-refractivity contribution in [2.45, 2.75) is 24.2 Å². The van der Waals surface area contributed by atoms with Gasteiger partial charge in [0.1, 0.15) is 6.04 Å². The second kappa shape index (κ2) is 10.6. The first-order chi connectivity index (χ1) is 16.9. The molecule has 1 aliphatic rings. The zero-order valence-electron chi connectivity index (χ0n) is 18.8. The van der Waals surface area contributed by atoms with Gasteiger partial charge in [0, 0.05) is 19.2 Å². The molecule has 0 bridgehead atoms. The number of aliphatic hydroxyl groups excluding tert-OH is 1. The summed E-state index contributed by atoms with van der Waals surface area (Å²) in [6.07, 6.45) is -8.04. The largest absolute Gasteiger partial charge is 0.455 e. The number of alkyl halides is 5. The van der Waals surface area contributed by atoms with Gasteiger partial charge in [-0.25, -0.2) is 0 Å². The number of hydrogen-bond acceptors (Lipinski definition) is 5. The number of benzene rings is 2. The van der Waals surface area contributed by atoms with E-state index in [2.05, 4.69) is 5.32 Å². The summed E-state index contributed by atoms with van der Waals surface area (Å²) >= 11 is 0. The highest BCUT2D eigenvalue weighted by molar-refractivity contribution is 6.09. The summed E-state index contributed by atoms with van der Waals surface area (Å²) in [5.41, 5.74) is 1.98. The molecule has 1 aliphatic heterocycles. The number of para-hydroxylation sites is 1. The number of methoxy groups -OCH3 is 1. The summed E-state index contributed by atoms with van der Waals surface area (Å²) < 4.78 is 68.3. The fourth-order valence-corrected chi connectivity index (χ4v) is 3.75. The lowest BCUT2D eigenvalue weighted by atomic mass is 9.95. The van der Waals surface area contributed by atoms with Crippen molar-refractivity contribution in [2.24, 2.45) is 0 Å². The van der Waals surface area contributed by atoms with Crippen LogP contribution in [0.5, 0.6) is 0 Å². The molecule has 0 aromatic heterocycles. The summed E-state index contributed by atoms with van der Waals surface area (Å²) in [6.45, 7) is -2.64. The Bertz CT molecular complexity index is 1140. The maximum absolute atomic E-state index is 13.5. The highest BCUT2D eigenvalue weighted by atomic mass is 19.4. The Morgan fingerprint density at radius 1 is 1.03 bits per heavy atom. The molecule has 0 spiro atoms. The van der Waals surface area contributed by atoms with Gasteiger partial charge in [0.05, 0.1) is 18.8 Å². The summed E-state index contributed by atoms with van der Waals surface area (Å²) in [6, 6.07) is 12.0.